The summed E-state index contributed by atoms with van der Waals surface area (Å²) in [6, 6.07) is 7.53. The van der Waals surface area contributed by atoms with E-state index in [2.05, 4.69) is 0 Å². The van der Waals surface area contributed by atoms with E-state index in [0.29, 0.717) is 5.56 Å². The van der Waals surface area contributed by atoms with Crippen LogP contribution < -0.4 is 4.74 Å². The number of halogens is 2. The monoisotopic (exact) mass is 264 g/mol. The van der Waals surface area contributed by atoms with Gasteiger partial charge in [-0.3, -0.25) is 0 Å². The summed E-state index contributed by atoms with van der Waals surface area (Å²) in [4.78, 5) is 11.0. The van der Waals surface area contributed by atoms with Crippen LogP contribution in [0.5, 0.6) is 11.5 Å². The zero-order chi connectivity index (χ0) is 14.0. The Balaban J connectivity index is 2.46. The highest BCUT2D eigenvalue weighted by Crippen LogP contribution is 2.29. The van der Waals surface area contributed by atoms with Gasteiger partial charge in [-0.2, -0.15) is 0 Å². The van der Waals surface area contributed by atoms with Crippen molar-refractivity contribution in [2.75, 3.05) is 0 Å². The molecule has 0 radical (unpaired) electrons. The van der Waals surface area contributed by atoms with Crippen molar-refractivity contribution in [1.82, 2.24) is 0 Å². The summed E-state index contributed by atoms with van der Waals surface area (Å²) in [6.07, 6.45) is 0. The molecule has 19 heavy (non-hydrogen) atoms. The molecule has 0 aliphatic rings. The Bertz CT molecular complexity index is 639. The molecule has 0 aliphatic heterocycles. The molecule has 3 nitrogen and oxygen atoms in total. The predicted octanol–water partition coefficient (Wildman–Crippen LogP) is 3.76. The molecule has 98 valence electrons. The van der Waals surface area contributed by atoms with E-state index in [1.165, 1.54) is 24.3 Å². The largest absolute Gasteiger partial charge is 0.477 e. The van der Waals surface area contributed by atoms with Crippen molar-refractivity contribution in [3.8, 4) is 11.5 Å². The molecular weight excluding hydrogens is 254 g/mol. The van der Waals surface area contributed by atoms with Gasteiger partial charge in [-0.15, -0.1) is 0 Å². The Labute approximate surface area is 108 Å². The number of hydrogen-bond acceptors (Lipinski definition) is 2. The third-order valence-electron chi connectivity index (χ3n) is 2.56. The zero-order valence-electron chi connectivity index (χ0n) is 9.98. The number of benzene rings is 2. The van der Waals surface area contributed by atoms with Gasteiger partial charge in [-0.05, 0) is 30.7 Å². The van der Waals surface area contributed by atoms with Gasteiger partial charge in [0.05, 0.1) is 0 Å². The zero-order valence-corrected chi connectivity index (χ0v) is 9.98. The molecule has 0 amide bonds. The number of aryl methyl sites for hydroxylation is 1. The molecule has 2 aromatic carbocycles. The summed E-state index contributed by atoms with van der Waals surface area (Å²) in [5, 5.41) is 8.95. The van der Waals surface area contributed by atoms with Crippen LogP contribution >= 0.6 is 0 Å². The molecule has 2 aromatic rings. The summed E-state index contributed by atoms with van der Waals surface area (Å²) >= 11 is 0. The molecule has 0 aromatic heterocycles. The maximum Gasteiger partial charge on any atom is 0.342 e. The first-order valence-electron chi connectivity index (χ1n) is 5.45. The van der Waals surface area contributed by atoms with E-state index in [1.807, 2.05) is 0 Å². The minimum absolute atomic E-state index is 0.146. The minimum atomic E-state index is -1.44. The van der Waals surface area contributed by atoms with Crippen LogP contribution in [0.4, 0.5) is 8.78 Å². The molecule has 0 spiro atoms. The summed E-state index contributed by atoms with van der Waals surface area (Å²) in [7, 11) is 0. The van der Waals surface area contributed by atoms with Gasteiger partial charge in [-0.25, -0.2) is 13.6 Å². The normalized spacial score (nSPS) is 10.3. The fourth-order valence-corrected chi connectivity index (χ4v) is 1.60. The summed E-state index contributed by atoms with van der Waals surface area (Å²) in [6.45, 7) is 1.68. The average molecular weight is 264 g/mol. The number of aromatic carboxylic acids is 1. The van der Waals surface area contributed by atoms with Gasteiger partial charge in [0.15, 0.2) is 0 Å². The van der Waals surface area contributed by atoms with Crippen LogP contribution in [0.2, 0.25) is 0 Å². The van der Waals surface area contributed by atoms with Gasteiger partial charge >= 0.3 is 5.97 Å². The number of rotatable bonds is 3. The first kappa shape index (κ1) is 13.0. The van der Waals surface area contributed by atoms with Crippen LogP contribution in [0.25, 0.3) is 0 Å². The van der Waals surface area contributed by atoms with Gasteiger partial charge in [0.1, 0.15) is 28.7 Å². The maximum atomic E-state index is 13.4. The van der Waals surface area contributed by atoms with Gasteiger partial charge in [-0.1, -0.05) is 12.1 Å². The molecular formula is C14H10F2O3. The lowest BCUT2D eigenvalue weighted by Crippen LogP contribution is -2.04. The Kier molecular flexibility index (Phi) is 3.46. The highest BCUT2D eigenvalue weighted by atomic mass is 19.1. The summed E-state index contributed by atoms with van der Waals surface area (Å²) in [5.41, 5.74) is 0.0353. The number of carbonyl (C=O) groups is 1. The van der Waals surface area contributed by atoms with Crippen molar-refractivity contribution in [3.05, 3.63) is 59.2 Å². The third-order valence-corrected chi connectivity index (χ3v) is 2.56. The Morgan fingerprint density at radius 3 is 2.58 bits per heavy atom. The minimum Gasteiger partial charge on any atom is -0.477 e. The molecule has 0 heterocycles. The van der Waals surface area contributed by atoms with E-state index >= 15 is 0 Å². The lowest BCUT2D eigenvalue weighted by molar-refractivity contribution is 0.0689. The van der Waals surface area contributed by atoms with Gasteiger partial charge in [0.2, 0.25) is 0 Å². The van der Waals surface area contributed by atoms with Crippen LogP contribution in [-0.4, -0.2) is 11.1 Å². The first-order chi connectivity index (χ1) is 8.99. The molecule has 1 N–H and O–H groups in total. The second-order valence-electron chi connectivity index (χ2n) is 3.93. The molecule has 0 aliphatic carbocycles. The molecule has 0 fully saturated rings. The number of hydrogen-bond donors (Lipinski definition) is 1. The SMILES string of the molecule is Cc1ccc(F)cc1Oc1cccc(F)c1C(=O)O. The van der Waals surface area contributed by atoms with Crippen molar-refractivity contribution in [1.29, 1.82) is 0 Å². The van der Waals surface area contributed by atoms with Crippen molar-refractivity contribution >= 4 is 5.97 Å². The van der Waals surface area contributed by atoms with E-state index in [-0.39, 0.29) is 11.5 Å². The summed E-state index contributed by atoms with van der Waals surface area (Å²) < 4.78 is 31.9. The Morgan fingerprint density at radius 1 is 1.16 bits per heavy atom. The molecule has 0 saturated heterocycles. The predicted molar refractivity (Wildman–Crippen MR) is 64.6 cm³/mol. The van der Waals surface area contributed by atoms with E-state index in [1.54, 1.807) is 6.92 Å². The van der Waals surface area contributed by atoms with E-state index in [4.69, 9.17) is 9.84 Å². The Hall–Kier alpha value is -2.43. The number of carboxylic acids is 1. The van der Waals surface area contributed by atoms with E-state index in [0.717, 1.165) is 12.1 Å². The second kappa shape index (κ2) is 5.06. The average Bonchev–Trinajstić information content (AvgIpc) is 2.33. The quantitative estimate of drug-likeness (QED) is 0.918. The lowest BCUT2D eigenvalue weighted by Gasteiger charge is -2.11. The molecule has 0 atom stereocenters. The molecule has 2 rings (SSSR count). The highest BCUT2D eigenvalue weighted by molar-refractivity contribution is 5.91. The van der Waals surface area contributed by atoms with Crippen LogP contribution in [0.1, 0.15) is 15.9 Å². The van der Waals surface area contributed by atoms with Crippen molar-refractivity contribution < 1.29 is 23.4 Å². The second-order valence-corrected chi connectivity index (χ2v) is 3.93. The van der Waals surface area contributed by atoms with E-state index < -0.39 is 23.2 Å². The van der Waals surface area contributed by atoms with Crippen molar-refractivity contribution in [2.45, 2.75) is 6.92 Å². The topological polar surface area (TPSA) is 46.5 Å². The van der Waals surface area contributed by atoms with Gasteiger partial charge in [0, 0.05) is 6.07 Å². The number of carboxylic acid groups (broad SMARTS) is 1. The third kappa shape index (κ3) is 2.70. The fraction of sp³-hybridized carbons (Fsp3) is 0.0714. The standard InChI is InChI=1S/C14H10F2O3/c1-8-5-6-9(15)7-12(8)19-11-4-2-3-10(16)13(11)14(17)18/h2-7H,1H3,(H,17,18). The van der Waals surface area contributed by atoms with Crippen molar-refractivity contribution in [3.63, 3.8) is 0 Å². The van der Waals surface area contributed by atoms with Crippen LogP contribution in [0.15, 0.2) is 36.4 Å². The van der Waals surface area contributed by atoms with E-state index in [9.17, 15) is 13.6 Å². The van der Waals surface area contributed by atoms with Gasteiger partial charge < -0.3 is 9.84 Å². The highest BCUT2D eigenvalue weighted by Gasteiger charge is 2.18. The first-order valence-corrected chi connectivity index (χ1v) is 5.45. The summed E-state index contributed by atoms with van der Waals surface area (Å²) in [5.74, 6) is -2.88. The molecule has 0 unspecified atom stereocenters. The van der Waals surface area contributed by atoms with Crippen LogP contribution in [0, 0.1) is 18.6 Å². The van der Waals surface area contributed by atoms with Crippen LogP contribution in [-0.2, 0) is 0 Å². The smallest absolute Gasteiger partial charge is 0.342 e. The number of ether oxygens (including phenoxy) is 1. The van der Waals surface area contributed by atoms with Crippen LogP contribution in [0.3, 0.4) is 0 Å². The lowest BCUT2D eigenvalue weighted by atomic mass is 10.2. The molecule has 0 saturated carbocycles. The molecule has 5 heteroatoms. The van der Waals surface area contributed by atoms with Crippen molar-refractivity contribution in [2.24, 2.45) is 0 Å². The molecule has 0 bridgehead atoms. The van der Waals surface area contributed by atoms with Gasteiger partial charge in [0.25, 0.3) is 0 Å². The Morgan fingerprint density at radius 2 is 1.89 bits per heavy atom. The maximum absolute atomic E-state index is 13.4. The fourth-order valence-electron chi connectivity index (χ4n) is 1.60.